The first-order valence-electron chi connectivity index (χ1n) is 9.68. The molecule has 0 aromatic rings. The number of hydrogen-bond acceptors (Lipinski definition) is 4. The number of ether oxygens (including phenoxy) is 1. The summed E-state index contributed by atoms with van der Waals surface area (Å²) < 4.78 is 5.29. The second-order valence-electron chi connectivity index (χ2n) is 9.01. The van der Waals surface area contributed by atoms with Crippen LogP contribution in [0, 0.1) is 17.8 Å². The minimum Gasteiger partial charge on any atom is -0.480 e. The molecular formula is C19H30N2O5. The summed E-state index contributed by atoms with van der Waals surface area (Å²) in [4.78, 5) is 38.7. The zero-order chi connectivity index (χ0) is 19.1. The second-order valence-corrected chi connectivity index (χ2v) is 9.01. The number of carboxylic acids is 1. The molecule has 4 atom stereocenters. The Balaban J connectivity index is 1.72. The van der Waals surface area contributed by atoms with E-state index < -0.39 is 29.7 Å². The Morgan fingerprint density at radius 2 is 1.88 bits per heavy atom. The summed E-state index contributed by atoms with van der Waals surface area (Å²) in [5.41, 5.74) is -0.647. The lowest BCUT2D eigenvalue weighted by Gasteiger charge is -2.29. The number of carbonyl (C=O) groups excluding carboxylic acids is 2. The molecule has 2 saturated carbocycles. The Labute approximate surface area is 154 Å². The Bertz CT molecular complexity index is 581. The third-order valence-electron chi connectivity index (χ3n) is 5.68. The molecule has 2 aliphatic carbocycles. The predicted octanol–water partition coefficient (Wildman–Crippen LogP) is 2.39. The summed E-state index contributed by atoms with van der Waals surface area (Å²) in [6, 6.07) is -1.48. The van der Waals surface area contributed by atoms with E-state index in [2.05, 4.69) is 5.32 Å². The molecule has 2 amide bonds. The van der Waals surface area contributed by atoms with Crippen molar-refractivity contribution in [2.24, 2.45) is 17.8 Å². The van der Waals surface area contributed by atoms with E-state index in [9.17, 15) is 19.5 Å². The molecular weight excluding hydrogens is 336 g/mol. The van der Waals surface area contributed by atoms with Crippen molar-refractivity contribution in [2.75, 3.05) is 6.54 Å². The number of fused-ring (bicyclic) bond motifs is 1. The number of rotatable bonds is 5. The molecule has 0 aromatic heterocycles. The molecule has 0 unspecified atom stereocenters. The number of nitrogens with one attached hydrogen (secondary N) is 1. The minimum absolute atomic E-state index is 0.0413. The van der Waals surface area contributed by atoms with E-state index in [1.54, 1.807) is 20.8 Å². The molecule has 1 saturated heterocycles. The van der Waals surface area contributed by atoms with Gasteiger partial charge in [0.1, 0.15) is 17.7 Å². The van der Waals surface area contributed by atoms with Gasteiger partial charge in [0.25, 0.3) is 0 Å². The van der Waals surface area contributed by atoms with Gasteiger partial charge in [-0.15, -0.1) is 0 Å². The summed E-state index contributed by atoms with van der Waals surface area (Å²) >= 11 is 0. The van der Waals surface area contributed by atoms with Crippen molar-refractivity contribution in [2.45, 2.75) is 77.0 Å². The fourth-order valence-corrected chi connectivity index (χ4v) is 4.41. The molecule has 146 valence electrons. The Kier molecular flexibility index (Phi) is 5.17. The topological polar surface area (TPSA) is 95.9 Å². The van der Waals surface area contributed by atoms with Gasteiger partial charge in [0, 0.05) is 6.54 Å². The summed E-state index contributed by atoms with van der Waals surface area (Å²) in [6.45, 7) is 5.79. The van der Waals surface area contributed by atoms with Crippen LogP contribution in [0.15, 0.2) is 0 Å². The molecule has 0 spiro atoms. The van der Waals surface area contributed by atoms with Gasteiger partial charge in [-0.05, 0) is 57.8 Å². The molecule has 0 radical (unpaired) electrons. The second kappa shape index (κ2) is 7.08. The fourth-order valence-electron chi connectivity index (χ4n) is 4.41. The lowest BCUT2D eigenvalue weighted by Crippen LogP contribution is -2.53. The highest BCUT2D eigenvalue weighted by atomic mass is 16.6. The molecule has 2 N–H and O–H groups in total. The zero-order valence-corrected chi connectivity index (χ0v) is 15.9. The average Bonchev–Trinajstić information content (AvgIpc) is 3.06. The maximum atomic E-state index is 13.1. The molecule has 3 aliphatic rings. The number of aliphatic carboxylic acids is 1. The van der Waals surface area contributed by atoms with Crippen LogP contribution in [0.25, 0.3) is 0 Å². The van der Waals surface area contributed by atoms with Gasteiger partial charge in [0.05, 0.1) is 0 Å². The SMILES string of the molecule is CC(C)(C)OC(=O)N[C@@H](CC1CC1)C(=O)N1C[C@@H]2CCC[C@@H]2[C@H]1C(=O)O. The van der Waals surface area contributed by atoms with E-state index in [-0.39, 0.29) is 17.7 Å². The molecule has 1 heterocycles. The molecule has 3 fully saturated rings. The van der Waals surface area contributed by atoms with Gasteiger partial charge in [-0.2, -0.15) is 0 Å². The number of hydrogen-bond donors (Lipinski definition) is 2. The minimum atomic E-state index is -0.935. The van der Waals surface area contributed by atoms with Gasteiger partial charge >= 0.3 is 12.1 Å². The molecule has 3 rings (SSSR count). The van der Waals surface area contributed by atoms with Crippen molar-refractivity contribution in [1.29, 1.82) is 0 Å². The highest BCUT2D eigenvalue weighted by molar-refractivity contribution is 5.90. The first-order valence-corrected chi connectivity index (χ1v) is 9.68. The number of nitrogens with zero attached hydrogens (tertiary/aromatic N) is 1. The van der Waals surface area contributed by atoms with Crippen LogP contribution in [-0.2, 0) is 14.3 Å². The lowest BCUT2D eigenvalue weighted by molar-refractivity contribution is -0.150. The largest absolute Gasteiger partial charge is 0.480 e. The number of alkyl carbamates (subject to hydrolysis) is 1. The van der Waals surface area contributed by atoms with E-state index in [1.165, 1.54) is 4.90 Å². The highest BCUT2D eigenvalue weighted by Gasteiger charge is 2.51. The van der Waals surface area contributed by atoms with Crippen LogP contribution in [0.5, 0.6) is 0 Å². The zero-order valence-electron chi connectivity index (χ0n) is 15.9. The monoisotopic (exact) mass is 366 g/mol. The van der Waals surface area contributed by atoms with Crippen molar-refractivity contribution >= 4 is 18.0 Å². The van der Waals surface area contributed by atoms with Gasteiger partial charge in [-0.3, -0.25) is 4.79 Å². The Morgan fingerprint density at radius 1 is 1.19 bits per heavy atom. The smallest absolute Gasteiger partial charge is 0.408 e. The van der Waals surface area contributed by atoms with Gasteiger partial charge in [0.2, 0.25) is 5.91 Å². The lowest BCUT2D eigenvalue weighted by atomic mass is 9.94. The summed E-state index contributed by atoms with van der Waals surface area (Å²) in [6.07, 6.45) is 4.89. The Morgan fingerprint density at radius 3 is 2.46 bits per heavy atom. The van der Waals surface area contributed by atoms with E-state index in [1.807, 2.05) is 0 Å². The normalized spacial score (nSPS) is 29.2. The van der Waals surface area contributed by atoms with Gasteiger partial charge < -0.3 is 20.1 Å². The summed E-state index contributed by atoms with van der Waals surface area (Å²) in [5.74, 6) is -0.480. The van der Waals surface area contributed by atoms with Crippen molar-refractivity contribution in [3.05, 3.63) is 0 Å². The van der Waals surface area contributed by atoms with Crippen LogP contribution >= 0.6 is 0 Å². The molecule has 7 nitrogen and oxygen atoms in total. The van der Waals surface area contributed by atoms with Crippen LogP contribution in [-0.4, -0.2) is 52.2 Å². The maximum absolute atomic E-state index is 13.1. The Hall–Kier alpha value is -1.79. The summed E-state index contributed by atoms with van der Waals surface area (Å²) in [7, 11) is 0. The van der Waals surface area contributed by atoms with Crippen LogP contribution in [0.2, 0.25) is 0 Å². The molecule has 1 aliphatic heterocycles. The maximum Gasteiger partial charge on any atom is 0.408 e. The molecule has 0 aromatic carbocycles. The van der Waals surface area contributed by atoms with Crippen LogP contribution in [0.4, 0.5) is 4.79 Å². The van der Waals surface area contributed by atoms with E-state index in [0.29, 0.717) is 18.9 Å². The number of carbonyl (C=O) groups is 3. The van der Waals surface area contributed by atoms with Crippen molar-refractivity contribution in [3.63, 3.8) is 0 Å². The van der Waals surface area contributed by atoms with Gasteiger partial charge in [0.15, 0.2) is 0 Å². The third-order valence-corrected chi connectivity index (χ3v) is 5.68. The fraction of sp³-hybridized carbons (Fsp3) is 0.842. The predicted molar refractivity (Wildman–Crippen MR) is 94.5 cm³/mol. The van der Waals surface area contributed by atoms with Crippen molar-refractivity contribution in [3.8, 4) is 0 Å². The van der Waals surface area contributed by atoms with Crippen LogP contribution in [0.3, 0.4) is 0 Å². The number of carboxylic acid groups (broad SMARTS) is 1. The molecule has 0 bridgehead atoms. The number of likely N-dealkylation sites (tertiary alicyclic amines) is 1. The van der Waals surface area contributed by atoms with E-state index in [0.717, 1.165) is 32.1 Å². The van der Waals surface area contributed by atoms with E-state index in [4.69, 9.17) is 4.74 Å². The van der Waals surface area contributed by atoms with Crippen LogP contribution in [0.1, 0.15) is 59.3 Å². The third kappa shape index (κ3) is 4.30. The van der Waals surface area contributed by atoms with E-state index >= 15 is 0 Å². The van der Waals surface area contributed by atoms with Gasteiger partial charge in [-0.25, -0.2) is 9.59 Å². The number of amides is 2. The van der Waals surface area contributed by atoms with Crippen molar-refractivity contribution < 1.29 is 24.2 Å². The average molecular weight is 366 g/mol. The highest BCUT2D eigenvalue weighted by Crippen LogP contribution is 2.43. The molecule has 7 heteroatoms. The first kappa shape index (κ1) is 19.0. The first-order chi connectivity index (χ1) is 12.2. The van der Waals surface area contributed by atoms with Crippen LogP contribution < -0.4 is 5.32 Å². The standard InChI is InChI=1S/C19H30N2O5/c1-19(2,3)26-18(25)20-14(9-11-7-8-11)16(22)21-10-12-5-4-6-13(12)15(21)17(23)24/h11-15H,4-10H2,1-3H3,(H,20,25)(H,23,24)/t12-,13-,14-,15-/m0/s1. The van der Waals surface area contributed by atoms with Crippen molar-refractivity contribution in [1.82, 2.24) is 10.2 Å². The molecule has 26 heavy (non-hydrogen) atoms. The van der Waals surface area contributed by atoms with Gasteiger partial charge in [-0.1, -0.05) is 19.3 Å². The summed E-state index contributed by atoms with van der Waals surface area (Å²) in [5, 5.41) is 12.4. The quantitative estimate of drug-likeness (QED) is 0.779.